The molecule has 0 radical (unpaired) electrons. The van der Waals surface area contributed by atoms with E-state index in [1.54, 1.807) is 18.2 Å². The van der Waals surface area contributed by atoms with Crippen molar-refractivity contribution >= 4 is 23.4 Å². The number of rotatable bonds is 5. The molecule has 1 aromatic heterocycles. The molecular formula is C20H26ClN5O2. The Kier molecular flexibility index (Phi) is 6.57. The van der Waals surface area contributed by atoms with Gasteiger partial charge in [0.2, 0.25) is 0 Å². The highest BCUT2D eigenvalue weighted by molar-refractivity contribution is 6.31. The zero-order valence-corrected chi connectivity index (χ0v) is 17.2. The van der Waals surface area contributed by atoms with E-state index in [-0.39, 0.29) is 12.1 Å². The van der Waals surface area contributed by atoms with Crippen LogP contribution >= 0.6 is 11.6 Å². The fraction of sp³-hybridized carbons (Fsp3) is 0.450. The van der Waals surface area contributed by atoms with E-state index in [1.807, 2.05) is 38.2 Å². The second-order valence-corrected chi connectivity index (χ2v) is 7.40. The summed E-state index contributed by atoms with van der Waals surface area (Å²) in [6.07, 6.45) is 3.64. The highest BCUT2D eigenvalue weighted by Crippen LogP contribution is 2.21. The van der Waals surface area contributed by atoms with Crippen LogP contribution in [-0.4, -0.2) is 54.2 Å². The van der Waals surface area contributed by atoms with Gasteiger partial charge in [-0.3, -0.25) is 0 Å². The number of piperidine rings is 1. The minimum absolute atomic E-state index is 0.0836. The van der Waals surface area contributed by atoms with Crippen molar-refractivity contribution in [1.82, 2.24) is 20.2 Å². The highest BCUT2D eigenvalue weighted by atomic mass is 35.5. The van der Waals surface area contributed by atoms with Gasteiger partial charge in [-0.15, -0.1) is 0 Å². The summed E-state index contributed by atoms with van der Waals surface area (Å²) in [6.45, 7) is 4.06. The third kappa shape index (κ3) is 4.84. The molecule has 3 rings (SSSR count). The molecule has 150 valence electrons. The van der Waals surface area contributed by atoms with Gasteiger partial charge in [0.05, 0.1) is 13.2 Å². The first-order valence-electron chi connectivity index (χ1n) is 9.35. The molecule has 0 aliphatic carbocycles. The monoisotopic (exact) mass is 403 g/mol. The van der Waals surface area contributed by atoms with E-state index in [9.17, 15) is 4.79 Å². The number of carbonyl (C=O) groups excluding carboxylic acids is 1. The fourth-order valence-corrected chi connectivity index (χ4v) is 3.49. The third-order valence-electron chi connectivity index (χ3n) is 5.06. The van der Waals surface area contributed by atoms with Crippen LogP contribution in [0, 0.1) is 6.92 Å². The van der Waals surface area contributed by atoms with Crippen molar-refractivity contribution in [3.05, 3.63) is 46.6 Å². The number of hydrogen-bond acceptors (Lipinski definition) is 5. The Hall–Kier alpha value is -2.54. The molecule has 28 heavy (non-hydrogen) atoms. The van der Waals surface area contributed by atoms with Crippen LogP contribution in [-0.2, 0) is 6.54 Å². The Balaban J connectivity index is 1.58. The Morgan fingerprint density at radius 1 is 1.43 bits per heavy atom. The van der Waals surface area contributed by atoms with Crippen molar-refractivity contribution in [3.8, 4) is 6.01 Å². The second-order valence-electron chi connectivity index (χ2n) is 7.00. The standard InChI is InChI=1S/C20H26ClN5O2/c1-14-11-15(6-7-17(14)21)12-23-20(27)25(2)16-5-4-10-26(13-16)18-8-9-22-19(24-18)28-3/h6-9,11,16H,4-5,10,12-13H2,1-3H3,(H,23,27)/t16-/m1/s1. The van der Waals surface area contributed by atoms with Crippen LogP contribution < -0.4 is 15.0 Å². The van der Waals surface area contributed by atoms with Gasteiger partial charge in [-0.25, -0.2) is 9.78 Å². The number of aryl methyl sites for hydroxylation is 1. The number of nitrogens with zero attached hydrogens (tertiary/aromatic N) is 4. The molecular weight excluding hydrogens is 378 g/mol. The lowest BCUT2D eigenvalue weighted by Gasteiger charge is -2.38. The maximum atomic E-state index is 12.6. The molecule has 2 heterocycles. The van der Waals surface area contributed by atoms with E-state index < -0.39 is 0 Å². The van der Waals surface area contributed by atoms with Gasteiger partial charge < -0.3 is 19.9 Å². The number of amides is 2. The summed E-state index contributed by atoms with van der Waals surface area (Å²) in [5.74, 6) is 0.821. The number of benzene rings is 1. The fourth-order valence-electron chi connectivity index (χ4n) is 3.37. The van der Waals surface area contributed by atoms with E-state index in [4.69, 9.17) is 16.3 Å². The van der Waals surface area contributed by atoms with Crippen molar-refractivity contribution in [2.45, 2.75) is 32.4 Å². The molecule has 7 nitrogen and oxygen atoms in total. The average molecular weight is 404 g/mol. The van der Waals surface area contributed by atoms with Crippen LogP contribution in [0.15, 0.2) is 30.5 Å². The lowest BCUT2D eigenvalue weighted by atomic mass is 10.0. The van der Waals surface area contributed by atoms with Gasteiger partial charge in [-0.2, -0.15) is 4.98 Å². The summed E-state index contributed by atoms with van der Waals surface area (Å²) in [5.41, 5.74) is 2.03. The van der Waals surface area contributed by atoms with E-state index in [0.29, 0.717) is 12.6 Å². The Labute approximate surface area is 170 Å². The van der Waals surface area contributed by atoms with Crippen LogP contribution in [0.4, 0.5) is 10.6 Å². The van der Waals surface area contributed by atoms with Gasteiger partial charge >= 0.3 is 12.0 Å². The van der Waals surface area contributed by atoms with Gasteiger partial charge in [0, 0.05) is 37.9 Å². The van der Waals surface area contributed by atoms with Gasteiger partial charge in [-0.1, -0.05) is 23.7 Å². The summed E-state index contributed by atoms with van der Waals surface area (Å²) in [6, 6.07) is 8.03. The molecule has 2 amide bonds. The molecule has 1 aliphatic rings. The zero-order valence-electron chi connectivity index (χ0n) is 16.5. The summed E-state index contributed by atoms with van der Waals surface area (Å²) in [5, 5.41) is 3.73. The van der Waals surface area contributed by atoms with Gasteiger partial charge in [0.25, 0.3) is 0 Å². The smallest absolute Gasteiger partial charge is 0.318 e. The minimum atomic E-state index is -0.0836. The topological polar surface area (TPSA) is 70.6 Å². The molecule has 1 fully saturated rings. The molecule has 2 aromatic rings. The molecule has 0 spiro atoms. The number of hydrogen-bond donors (Lipinski definition) is 1. The van der Waals surface area contributed by atoms with Crippen LogP contribution in [0.5, 0.6) is 6.01 Å². The second kappa shape index (κ2) is 9.10. The zero-order chi connectivity index (χ0) is 20.1. The lowest BCUT2D eigenvalue weighted by Crippen LogP contribution is -2.51. The Bertz CT molecular complexity index is 832. The van der Waals surface area contributed by atoms with Crippen LogP contribution in [0.2, 0.25) is 5.02 Å². The normalized spacial score (nSPS) is 16.6. The van der Waals surface area contributed by atoms with Crippen molar-refractivity contribution in [2.75, 3.05) is 32.1 Å². The number of anilines is 1. The third-order valence-corrected chi connectivity index (χ3v) is 5.48. The van der Waals surface area contributed by atoms with E-state index in [2.05, 4.69) is 20.2 Å². The predicted octanol–water partition coefficient (Wildman–Crippen LogP) is 3.26. The number of ether oxygens (including phenoxy) is 1. The maximum Gasteiger partial charge on any atom is 0.318 e. The molecule has 1 aliphatic heterocycles. The summed E-state index contributed by atoms with van der Waals surface area (Å²) in [4.78, 5) is 25.1. The van der Waals surface area contributed by atoms with Crippen molar-refractivity contribution in [3.63, 3.8) is 0 Å². The van der Waals surface area contributed by atoms with E-state index in [1.165, 1.54) is 0 Å². The SMILES string of the molecule is COc1nccc(N2CCC[C@@H](N(C)C(=O)NCc3ccc(Cl)c(C)c3)C2)n1. The molecule has 1 atom stereocenters. The number of urea groups is 1. The number of aromatic nitrogens is 2. The Morgan fingerprint density at radius 3 is 3.00 bits per heavy atom. The average Bonchev–Trinajstić information content (AvgIpc) is 2.74. The first kappa shape index (κ1) is 20.2. The van der Waals surface area contributed by atoms with Crippen LogP contribution in [0.3, 0.4) is 0 Å². The van der Waals surface area contributed by atoms with E-state index in [0.717, 1.165) is 47.9 Å². The maximum absolute atomic E-state index is 12.6. The van der Waals surface area contributed by atoms with Gasteiger partial charge in [0.15, 0.2) is 0 Å². The van der Waals surface area contributed by atoms with Crippen molar-refractivity contribution < 1.29 is 9.53 Å². The number of nitrogens with one attached hydrogen (secondary N) is 1. The van der Waals surface area contributed by atoms with Gasteiger partial charge in [-0.05, 0) is 43.0 Å². The molecule has 1 N–H and O–H groups in total. The molecule has 1 aromatic carbocycles. The predicted molar refractivity (Wildman–Crippen MR) is 110 cm³/mol. The summed E-state index contributed by atoms with van der Waals surface area (Å²) >= 11 is 6.06. The number of likely N-dealkylation sites (N-methyl/N-ethyl adjacent to an activating group) is 1. The lowest BCUT2D eigenvalue weighted by molar-refractivity contribution is 0.182. The number of methoxy groups -OCH3 is 1. The summed E-state index contributed by atoms with van der Waals surface area (Å²) < 4.78 is 5.12. The molecule has 0 saturated carbocycles. The first-order chi connectivity index (χ1) is 13.5. The van der Waals surface area contributed by atoms with Crippen molar-refractivity contribution in [1.29, 1.82) is 0 Å². The molecule has 1 saturated heterocycles. The number of halogens is 1. The largest absolute Gasteiger partial charge is 0.467 e. The first-order valence-corrected chi connectivity index (χ1v) is 9.73. The van der Waals surface area contributed by atoms with Crippen LogP contribution in [0.1, 0.15) is 24.0 Å². The number of carbonyl (C=O) groups is 1. The minimum Gasteiger partial charge on any atom is -0.467 e. The van der Waals surface area contributed by atoms with Crippen LogP contribution in [0.25, 0.3) is 0 Å². The van der Waals surface area contributed by atoms with Gasteiger partial charge in [0.1, 0.15) is 5.82 Å². The summed E-state index contributed by atoms with van der Waals surface area (Å²) in [7, 11) is 3.40. The van der Waals surface area contributed by atoms with E-state index >= 15 is 0 Å². The molecule has 0 bridgehead atoms. The molecule has 8 heteroatoms. The van der Waals surface area contributed by atoms with Crippen molar-refractivity contribution in [2.24, 2.45) is 0 Å². The Morgan fingerprint density at radius 2 is 2.25 bits per heavy atom. The highest BCUT2D eigenvalue weighted by Gasteiger charge is 2.27. The quantitative estimate of drug-likeness (QED) is 0.829. The molecule has 0 unspecified atom stereocenters.